The van der Waals surface area contributed by atoms with E-state index in [4.69, 9.17) is 5.11 Å². The van der Waals surface area contributed by atoms with Gasteiger partial charge in [0.15, 0.2) is 0 Å². The highest BCUT2D eigenvalue weighted by molar-refractivity contribution is 9.10. The maximum Gasteiger partial charge on any atom is 0.323 e. The first-order valence-corrected chi connectivity index (χ1v) is 6.56. The van der Waals surface area contributed by atoms with Crippen LogP contribution in [-0.4, -0.2) is 29.1 Å². The van der Waals surface area contributed by atoms with Gasteiger partial charge in [-0.2, -0.15) is 0 Å². The van der Waals surface area contributed by atoms with Gasteiger partial charge in [0, 0.05) is 10.2 Å². The molecule has 0 aromatic heterocycles. The number of carboxylic acid groups (broad SMARTS) is 1. The van der Waals surface area contributed by atoms with Crippen molar-refractivity contribution < 1.29 is 14.7 Å². The molecule has 104 valence electrons. The predicted octanol–water partition coefficient (Wildman–Crippen LogP) is 2.15. The third-order valence-electron chi connectivity index (χ3n) is 2.67. The molecule has 0 aliphatic rings. The Bertz CT molecular complexity index is 501. The zero-order valence-corrected chi connectivity index (χ0v) is 12.7. The summed E-state index contributed by atoms with van der Waals surface area (Å²) in [4.78, 5) is 22.6. The number of carbonyl (C=O) groups excluding carboxylic acids is 1. The third kappa shape index (κ3) is 4.65. The summed E-state index contributed by atoms with van der Waals surface area (Å²) in [6.07, 6.45) is 0. The summed E-state index contributed by atoms with van der Waals surface area (Å²) in [5.41, 5.74) is 0.560. The minimum Gasteiger partial charge on any atom is -0.480 e. The summed E-state index contributed by atoms with van der Waals surface area (Å²) in [6, 6.07) is 5.46. The number of halogens is 1. The van der Waals surface area contributed by atoms with E-state index in [1.165, 1.54) is 13.8 Å². The molecule has 0 radical (unpaired) electrons. The van der Waals surface area contributed by atoms with Crippen LogP contribution >= 0.6 is 15.9 Å². The number of aryl methyl sites for hydroxylation is 1. The van der Waals surface area contributed by atoms with Gasteiger partial charge in [-0.05, 0) is 44.5 Å². The van der Waals surface area contributed by atoms with E-state index in [9.17, 15) is 9.59 Å². The topological polar surface area (TPSA) is 78.4 Å². The molecule has 0 bridgehead atoms. The lowest BCUT2D eigenvalue weighted by molar-refractivity contribution is -0.143. The number of carboxylic acids is 1. The highest BCUT2D eigenvalue weighted by atomic mass is 79.9. The molecule has 1 rings (SSSR count). The number of amides is 1. The smallest absolute Gasteiger partial charge is 0.323 e. The van der Waals surface area contributed by atoms with Crippen LogP contribution in [0.3, 0.4) is 0 Å². The number of hydrogen-bond acceptors (Lipinski definition) is 3. The van der Waals surface area contributed by atoms with Crippen molar-refractivity contribution in [1.29, 1.82) is 0 Å². The first-order chi connectivity index (χ1) is 8.72. The molecule has 0 saturated heterocycles. The predicted molar refractivity (Wildman–Crippen MR) is 77.2 cm³/mol. The van der Waals surface area contributed by atoms with Crippen molar-refractivity contribution in [3.8, 4) is 0 Å². The molecule has 1 aromatic carbocycles. The monoisotopic (exact) mass is 328 g/mol. The summed E-state index contributed by atoms with van der Waals surface area (Å²) >= 11 is 3.38. The number of benzene rings is 1. The van der Waals surface area contributed by atoms with E-state index in [1.54, 1.807) is 6.07 Å². The third-order valence-corrected chi connectivity index (χ3v) is 3.56. The van der Waals surface area contributed by atoms with Crippen LogP contribution in [0.4, 0.5) is 5.69 Å². The molecular weight excluding hydrogens is 312 g/mol. The number of aliphatic carboxylic acids is 1. The second-order valence-electron chi connectivity index (χ2n) is 4.80. The quantitative estimate of drug-likeness (QED) is 0.773. The van der Waals surface area contributed by atoms with Crippen molar-refractivity contribution in [3.63, 3.8) is 0 Å². The van der Waals surface area contributed by atoms with Crippen LogP contribution in [0.15, 0.2) is 22.7 Å². The molecule has 0 heterocycles. The summed E-state index contributed by atoms with van der Waals surface area (Å²) in [7, 11) is 0. The first-order valence-electron chi connectivity index (χ1n) is 5.77. The van der Waals surface area contributed by atoms with Crippen LogP contribution in [0.1, 0.15) is 19.4 Å². The highest BCUT2D eigenvalue weighted by Gasteiger charge is 2.26. The molecule has 5 nitrogen and oxygen atoms in total. The Morgan fingerprint density at radius 1 is 1.37 bits per heavy atom. The van der Waals surface area contributed by atoms with Crippen molar-refractivity contribution in [2.45, 2.75) is 26.3 Å². The fourth-order valence-electron chi connectivity index (χ4n) is 1.30. The number of anilines is 1. The Hall–Kier alpha value is -1.40. The average molecular weight is 329 g/mol. The average Bonchev–Trinajstić information content (AvgIpc) is 2.31. The van der Waals surface area contributed by atoms with Crippen molar-refractivity contribution in [2.75, 3.05) is 11.9 Å². The lowest BCUT2D eigenvalue weighted by Gasteiger charge is -2.20. The molecule has 1 amide bonds. The molecule has 0 saturated carbocycles. The Morgan fingerprint density at radius 3 is 2.53 bits per heavy atom. The van der Waals surface area contributed by atoms with Crippen molar-refractivity contribution >= 4 is 33.5 Å². The summed E-state index contributed by atoms with van der Waals surface area (Å²) in [5, 5.41) is 14.3. The van der Waals surface area contributed by atoms with Gasteiger partial charge in [-0.1, -0.05) is 15.9 Å². The second-order valence-corrected chi connectivity index (χ2v) is 5.65. The Labute approximate surface area is 120 Å². The van der Waals surface area contributed by atoms with Crippen LogP contribution in [0.2, 0.25) is 0 Å². The van der Waals surface area contributed by atoms with Crippen molar-refractivity contribution in [2.24, 2.45) is 0 Å². The summed E-state index contributed by atoms with van der Waals surface area (Å²) < 4.78 is 0.968. The lowest BCUT2D eigenvalue weighted by Crippen LogP contribution is -2.49. The number of carbonyl (C=O) groups is 2. The molecule has 19 heavy (non-hydrogen) atoms. The van der Waals surface area contributed by atoms with Gasteiger partial charge in [0.2, 0.25) is 5.91 Å². The summed E-state index contributed by atoms with van der Waals surface area (Å²) in [6.45, 7) is 4.87. The molecule has 6 heteroatoms. The zero-order valence-electron chi connectivity index (χ0n) is 11.1. The van der Waals surface area contributed by atoms with E-state index in [1.807, 2.05) is 19.1 Å². The maximum atomic E-state index is 11.7. The highest BCUT2D eigenvalue weighted by Crippen LogP contribution is 2.19. The SMILES string of the molecule is Cc1cc(NC(=O)CNC(C)(C)C(=O)O)ccc1Br. The zero-order chi connectivity index (χ0) is 14.6. The van der Waals surface area contributed by atoms with Crippen LogP contribution < -0.4 is 10.6 Å². The maximum absolute atomic E-state index is 11.7. The van der Waals surface area contributed by atoms with Crippen molar-refractivity contribution in [3.05, 3.63) is 28.2 Å². The number of hydrogen-bond donors (Lipinski definition) is 3. The van der Waals surface area contributed by atoms with Gasteiger partial charge in [0.1, 0.15) is 5.54 Å². The Kier molecular flexibility index (Phi) is 5.08. The number of rotatable bonds is 5. The molecule has 0 aliphatic carbocycles. The van der Waals surface area contributed by atoms with E-state index >= 15 is 0 Å². The molecule has 0 aliphatic heterocycles. The van der Waals surface area contributed by atoms with Gasteiger partial charge in [0.05, 0.1) is 6.54 Å². The van der Waals surface area contributed by atoms with Gasteiger partial charge in [-0.3, -0.25) is 14.9 Å². The van der Waals surface area contributed by atoms with Gasteiger partial charge >= 0.3 is 5.97 Å². The summed E-state index contributed by atoms with van der Waals surface area (Å²) in [5.74, 6) is -1.28. The Morgan fingerprint density at radius 2 is 2.00 bits per heavy atom. The van der Waals surface area contributed by atoms with E-state index in [0.717, 1.165) is 10.0 Å². The van der Waals surface area contributed by atoms with Gasteiger partial charge < -0.3 is 10.4 Å². The molecule has 0 atom stereocenters. The minimum absolute atomic E-state index is 0.0611. The first kappa shape index (κ1) is 15.7. The molecule has 0 spiro atoms. The van der Waals surface area contributed by atoms with Gasteiger partial charge in [-0.25, -0.2) is 0 Å². The van der Waals surface area contributed by atoms with E-state index < -0.39 is 11.5 Å². The standard InChI is InChI=1S/C13H17BrN2O3/c1-8-6-9(4-5-10(8)14)16-11(17)7-15-13(2,3)12(18)19/h4-6,15H,7H2,1-3H3,(H,16,17)(H,18,19). The van der Waals surface area contributed by atoms with Gasteiger partial charge in [-0.15, -0.1) is 0 Å². The lowest BCUT2D eigenvalue weighted by atomic mass is 10.1. The number of nitrogens with one attached hydrogen (secondary N) is 2. The minimum atomic E-state index is -1.13. The van der Waals surface area contributed by atoms with Gasteiger partial charge in [0.25, 0.3) is 0 Å². The molecule has 0 fully saturated rings. The fourth-order valence-corrected chi connectivity index (χ4v) is 1.55. The Balaban J connectivity index is 2.56. The second kappa shape index (κ2) is 6.16. The van der Waals surface area contributed by atoms with E-state index in [-0.39, 0.29) is 12.5 Å². The van der Waals surface area contributed by atoms with Crippen LogP contribution in [0, 0.1) is 6.92 Å². The normalized spacial score (nSPS) is 11.2. The molecular formula is C13H17BrN2O3. The van der Waals surface area contributed by atoms with Crippen molar-refractivity contribution in [1.82, 2.24) is 5.32 Å². The van der Waals surface area contributed by atoms with E-state index in [0.29, 0.717) is 5.69 Å². The van der Waals surface area contributed by atoms with Crippen LogP contribution in [0.25, 0.3) is 0 Å². The van der Waals surface area contributed by atoms with Crippen LogP contribution in [0.5, 0.6) is 0 Å². The van der Waals surface area contributed by atoms with Crippen LogP contribution in [-0.2, 0) is 9.59 Å². The molecule has 3 N–H and O–H groups in total. The largest absolute Gasteiger partial charge is 0.480 e. The molecule has 0 unspecified atom stereocenters. The molecule has 1 aromatic rings. The fraction of sp³-hybridized carbons (Fsp3) is 0.385. The van der Waals surface area contributed by atoms with E-state index in [2.05, 4.69) is 26.6 Å².